The van der Waals surface area contributed by atoms with E-state index in [1.807, 2.05) is 36.4 Å². The van der Waals surface area contributed by atoms with Crippen LogP contribution in [0, 0.1) is 0 Å². The van der Waals surface area contributed by atoms with Crippen LogP contribution in [-0.4, -0.2) is 18.8 Å². The first-order chi connectivity index (χ1) is 9.31. The maximum Gasteiger partial charge on any atom is 0.122 e. The molecule has 2 N–H and O–H groups in total. The van der Waals surface area contributed by atoms with Crippen molar-refractivity contribution in [1.82, 2.24) is 5.32 Å². The van der Waals surface area contributed by atoms with Gasteiger partial charge in [0.15, 0.2) is 0 Å². The van der Waals surface area contributed by atoms with Gasteiger partial charge in [-0.1, -0.05) is 36.4 Å². The molecular weight excluding hydrogens is 238 g/mol. The Balaban J connectivity index is 1.83. The summed E-state index contributed by atoms with van der Waals surface area (Å²) in [5.74, 6) is 1.26. The Labute approximate surface area is 113 Å². The molecule has 3 nitrogen and oxygen atoms in total. The number of nitrogens with one attached hydrogen (secondary N) is 1. The van der Waals surface area contributed by atoms with E-state index in [0.717, 1.165) is 24.3 Å². The molecule has 0 unspecified atom stereocenters. The molecule has 0 saturated heterocycles. The van der Waals surface area contributed by atoms with Gasteiger partial charge in [-0.05, 0) is 30.7 Å². The van der Waals surface area contributed by atoms with Crippen LogP contribution >= 0.6 is 0 Å². The summed E-state index contributed by atoms with van der Waals surface area (Å²) in [5, 5.41) is 13.0. The van der Waals surface area contributed by atoms with Crippen molar-refractivity contribution >= 4 is 0 Å². The lowest BCUT2D eigenvalue weighted by molar-refractivity contribution is 0.409. The third-order valence-corrected chi connectivity index (χ3v) is 3.07. The number of ether oxygens (including phenoxy) is 1. The number of benzene rings is 2. The minimum atomic E-state index is 0.340. The molecule has 19 heavy (non-hydrogen) atoms. The zero-order valence-corrected chi connectivity index (χ0v) is 11.1. The van der Waals surface area contributed by atoms with Crippen molar-refractivity contribution in [3.05, 3.63) is 59.7 Å². The highest BCUT2D eigenvalue weighted by Gasteiger charge is 2.02. The van der Waals surface area contributed by atoms with E-state index in [1.165, 1.54) is 5.56 Å². The number of aromatic hydroxyl groups is 1. The number of methoxy groups -OCH3 is 1. The number of hydrogen-bond donors (Lipinski definition) is 2. The average molecular weight is 257 g/mol. The summed E-state index contributed by atoms with van der Waals surface area (Å²) in [6.45, 7) is 1.51. The van der Waals surface area contributed by atoms with Crippen molar-refractivity contribution < 1.29 is 9.84 Å². The Morgan fingerprint density at radius 3 is 2.42 bits per heavy atom. The fourth-order valence-electron chi connectivity index (χ4n) is 2.02. The van der Waals surface area contributed by atoms with Crippen LogP contribution in [0.3, 0.4) is 0 Å². The second-order valence-corrected chi connectivity index (χ2v) is 4.37. The molecule has 0 aliphatic rings. The first-order valence-electron chi connectivity index (χ1n) is 6.40. The third kappa shape index (κ3) is 3.73. The molecule has 0 aromatic heterocycles. The molecule has 100 valence electrons. The van der Waals surface area contributed by atoms with Crippen LogP contribution in [0.5, 0.6) is 11.5 Å². The highest BCUT2D eigenvalue weighted by atomic mass is 16.5. The van der Waals surface area contributed by atoms with Crippen molar-refractivity contribution in [2.45, 2.75) is 13.0 Å². The van der Waals surface area contributed by atoms with Crippen LogP contribution in [0.25, 0.3) is 0 Å². The average Bonchev–Trinajstić information content (AvgIpc) is 2.45. The van der Waals surface area contributed by atoms with Gasteiger partial charge in [0.05, 0.1) is 7.11 Å². The molecule has 0 amide bonds. The van der Waals surface area contributed by atoms with E-state index in [4.69, 9.17) is 4.74 Å². The molecule has 0 spiro atoms. The Hall–Kier alpha value is -2.00. The minimum Gasteiger partial charge on any atom is -0.508 e. The summed E-state index contributed by atoms with van der Waals surface area (Å²) in [6, 6.07) is 15.4. The fourth-order valence-corrected chi connectivity index (χ4v) is 2.02. The van der Waals surface area contributed by atoms with Gasteiger partial charge in [0, 0.05) is 12.1 Å². The van der Waals surface area contributed by atoms with Gasteiger partial charge in [0.1, 0.15) is 11.5 Å². The van der Waals surface area contributed by atoms with E-state index in [-0.39, 0.29) is 0 Å². The second-order valence-electron chi connectivity index (χ2n) is 4.37. The zero-order valence-electron chi connectivity index (χ0n) is 11.1. The predicted molar refractivity (Wildman–Crippen MR) is 76.5 cm³/mol. The van der Waals surface area contributed by atoms with E-state index in [9.17, 15) is 5.11 Å². The number of phenols is 1. The van der Waals surface area contributed by atoms with Gasteiger partial charge >= 0.3 is 0 Å². The molecule has 0 radical (unpaired) electrons. The van der Waals surface area contributed by atoms with Gasteiger partial charge in [-0.3, -0.25) is 0 Å². The maximum atomic E-state index is 9.65. The van der Waals surface area contributed by atoms with Crippen molar-refractivity contribution in [1.29, 1.82) is 0 Å². The molecule has 0 aliphatic heterocycles. The summed E-state index contributed by atoms with van der Waals surface area (Å²) in [4.78, 5) is 0. The molecule has 0 atom stereocenters. The smallest absolute Gasteiger partial charge is 0.122 e. The van der Waals surface area contributed by atoms with Crippen molar-refractivity contribution in [2.75, 3.05) is 13.7 Å². The number of phenolic OH excluding ortho intramolecular Hbond substituents is 1. The van der Waals surface area contributed by atoms with E-state index in [1.54, 1.807) is 13.2 Å². The predicted octanol–water partition coefficient (Wildman–Crippen LogP) is 2.73. The quantitative estimate of drug-likeness (QED) is 0.782. The van der Waals surface area contributed by atoms with Gasteiger partial charge in [-0.15, -0.1) is 0 Å². The van der Waals surface area contributed by atoms with Crippen LogP contribution in [0.4, 0.5) is 0 Å². The summed E-state index contributed by atoms with van der Waals surface area (Å²) >= 11 is 0. The highest BCUT2D eigenvalue weighted by Crippen LogP contribution is 2.18. The van der Waals surface area contributed by atoms with Gasteiger partial charge in [0.2, 0.25) is 0 Å². The first-order valence-corrected chi connectivity index (χ1v) is 6.40. The van der Waals surface area contributed by atoms with Crippen LogP contribution in [0.1, 0.15) is 11.1 Å². The second kappa shape index (κ2) is 6.81. The lowest BCUT2D eigenvalue weighted by atomic mass is 10.1. The Bertz CT molecular complexity index is 526. The summed E-state index contributed by atoms with van der Waals surface area (Å²) < 4.78 is 5.31. The van der Waals surface area contributed by atoms with Gasteiger partial charge < -0.3 is 15.2 Å². The fraction of sp³-hybridized carbons (Fsp3) is 0.250. The summed E-state index contributed by atoms with van der Waals surface area (Å²) in [7, 11) is 1.69. The summed E-state index contributed by atoms with van der Waals surface area (Å²) in [5.41, 5.74) is 2.11. The molecule has 2 aromatic rings. The molecule has 0 bridgehead atoms. The van der Waals surface area contributed by atoms with Gasteiger partial charge in [-0.2, -0.15) is 0 Å². The highest BCUT2D eigenvalue weighted by molar-refractivity contribution is 5.33. The lowest BCUT2D eigenvalue weighted by Crippen LogP contribution is -2.17. The molecule has 0 saturated carbocycles. The monoisotopic (exact) mass is 257 g/mol. The van der Waals surface area contributed by atoms with E-state index in [2.05, 4.69) is 11.4 Å². The first kappa shape index (κ1) is 13.4. The Morgan fingerprint density at radius 1 is 1.00 bits per heavy atom. The van der Waals surface area contributed by atoms with Gasteiger partial charge in [0.25, 0.3) is 0 Å². The third-order valence-electron chi connectivity index (χ3n) is 3.07. The van der Waals surface area contributed by atoms with Crippen molar-refractivity contribution in [3.63, 3.8) is 0 Å². The number of hydrogen-bond acceptors (Lipinski definition) is 3. The van der Waals surface area contributed by atoms with Crippen molar-refractivity contribution in [2.24, 2.45) is 0 Å². The molecular formula is C16H19NO2. The molecule has 2 aromatic carbocycles. The summed E-state index contributed by atoms with van der Waals surface area (Å²) in [6.07, 6.45) is 0.900. The minimum absolute atomic E-state index is 0.340. The van der Waals surface area contributed by atoms with Crippen LogP contribution < -0.4 is 10.1 Å². The SMILES string of the molecule is COc1ccccc1CCNCc1ccccc1O. The lowest BCUT2D eigenvalue weighted by Gasteiger charge is -2.09. The molecule has 3 heteroatoms. The standard InChI is InChI=1S/C16H19NO2/c1-19-16-9-5-3-6-13(16)10-11-17-12-14-7-2-4-8-15(14)18/h2-9,17-18H,10-12H2,1H3. The van der Waals surface area contributed by atoms with E-state index >= 15 is 0 Å². The van der Waals surface area contributed by atoms with Crippen molar-refractivity contribution in [3.8, 4) is 11.5 Å². The molecule has 0 fully saturated rings. The molecule has 0 heterocycles. The Morgan fingerprint density at radius 2 is 1.68 bits per heavy atom. The van der Waals surface area contributed by atoms with E-state index in [0.29, 0.717) is 12.3 Å². The van der Waals surface area contributed by atoms with Crippen LogP contribution in [0.15, 0.2) is 48.5 Å². The zero-order chi connectivity index (χ0) is 13.5. The molecule has 0 aliphatic carbocycles. The number of rotatable bonds is 6. The van der Waals surface area contributed by atoms with Crippen LogP contribution in [-0.2, 0) is 13.0 Å². The maximum absolute atomic E-state index is 9.65. The molecule has 2 rings (SSSR count). The largest absolute Gasteiger partial charge is 0.508 e. The van der Waals surface area contributed by atoms with Crippen LogP contribution in [0.2, 0.25) is 0 Å². The number of para-hydroxylation sites is 2. The van der Waals surface area contributed by atoms with E-state index < -0.39 is 0 Å². The normalized spacial score (nSPS) is 10.4. The Kier molecular flexibility index (Phi) is 4.81. The van der Waals surface area contributed by atoms with Gasteiger partial charge in [-0.25, -0.2) is 0 Å². The topological polar surface area (TPSA) is 41.5 Å².